The van der Waals surface area contributed by atoms with E-state index in [9.17, 15) is 9.59 Å². The molecule has 2 N–H and O–H groups in total. The minimum Gasteiger partial charge on any atom is -0.325 e. The number of benzene rings is 1. The lowest BCUT2D eigenvalue weighted by Crippen LogP contribution is -2.17. The van der Waals surface area contributed by atoms with Gasteiger partial charge in [-0.25, -0.2) is 4.98 Å². The molecule has 0 aliphatic carbocycles. The average molecular weight is 340 g/mol. The maximum Gasteiger partial charge on any atom is 0.254 e. The molecule has 0 bridgehead atoms. The molecule has 1 amide bonds. The molecule has 3 aromatic rings. The molecule has 0 unspecified atom stereocenters. The van der Waals surface area contributed by atoms with E-state index < -0.39 is 0 Å². The number of hydrogen-bond donors (Lipinski definition) is 2. The fourth-order valence-corrected chi connectivity index (χ4v) is 2.92. The van der Waals surface area contributed by atoms with Crippen LogP contribution in [0.15, 0.2) is 46.5 Å². The highest BCUT2D eigenvalue weighted by Gasteiger charge is 2.09. The molecule has 3 rings (SSSR count). The van der Waals surface area contributed by atoms with Gasteiger partial charge in [-0.05, 0) is 26.0 Å². The van der Waals surface area contributed by atoms with Gasteiger partial charge < -0.3 is 10.3 Å². The summed E-state index contributed by atoms with van der Waals surface area (Å²) in [7, 11) is 0. The Morgan fingerprint density at radius 3 is 2.83 bits per heavy atom. The zero-order chi connectivity index (χ0) is 17.1. The summed E-state index contributed by atoms with van der Waals surface area (Å²) in [5.74, 6) is -0.0144. The van der Waals surface area contributed by atoms with E-state index in [0.717, 1.165) is 10.9 Å². The van der Waals surface area contributed by atoms with Crippen LogP contribution in [0.5, 0.6) is 0 Å². The second-order valence-corrected chi connectivity index (χ2v) is 6.26. The molecule has 0 saturated heterocycles. The topological polar surface area (TPSA) is 87.7 Å². The van der Waals surface area contributed by atoms with Gasteiger partial charge in [-0.2, -0.15) is 0 Å². The molecule has 0 aliphatic heterocycles. The molecule has 7 heteroatoms. The number of anilines is 1. The first-order chi connectivity index (χ1) is 11.5. The largest absolute Gasteiger partial charge is 0.325 e. The van der Waals surface area contributed by atoms with Crippen molar-refractivity contribution in [2.75, 3.05) is 11.1 Å². The fourth-order valence-electron chi connectivity index (χ4n) is 2.21. The quantitative estimate of drug-likeness (QED) is 0.563. The van der Waals surface area contributed by atoms with Gasteiger partial charge in [0.05, 0.1) is 17.0 Å². The Bertz CT molecular complexity index is 963. The zero-order valence-corrected chi connectivity index (χ0v) is 14.1. The summed E-state index contributed by atoms with van der Waals surface area (Å²) >= 11 is 1.20. The number of hydrogen-bond acceptors (Lipinski definition) is 5. The third-order valence-electron chi connectivity index (χ3n) is 3.64. The van der Waals surface area contributed by atoms with Crippen LogP contribution in [0.2, 0.25) is 0 Å². The summed E-state index contributed by atoms with van der Waals surface area (Å²) in [5, 5.41) is 4.20. The minimum absolute atomic E-state index is 0.155. The van der Waals surface area contributed by atoms with Crippen LogP contribution in [0.3, 0.4) is 0 Å². The van der Waals surface area contributed by atoms with Crippen molar-refractivity contribution in [1.29, 1.82) is 0 Å². The van der Waals surface area contributed by atoms with Crippen molar-refractivity contribution in [3.63, 3.8) is 0 Å². The zero-order valence-electron chi connectivity index (χ0n) is 13.3. The average Bonchev–Trinajstić information content (AvgIpc) is 2.58. The summed E-state index contributed by atoms with van der Waals surface area (Å²) < 4.78 is 0. The molecule has 1 aromatic carbocycles. The van der Waals surface area contributed by atoms with Crippen LogP contribution in [0.25, 0.3) is 10.9 Å². The molecule has 0 fully saturated rings. The Kier molecular flexibility index (Phi) is 4.61. The van der Waals surface area contributed by atoms with Crippen LogP contribution < -0.4 is 10.9 Å². The van der Waals surface area contributed by atoms with E-state index in [4.69, 9.17) is 0 Å². The molecular formula is C17H16N4O2S. The third-order valence-corrected chi connectivity index (χ3v) is 4.51. The predicted octanol–water partition coefficient (Wildman–Crippen LogP) is 2.67. The number of aryl methyl sites for hydroxylation is 1. The maximum absolute atomic E-state index is 12.2. The predicted molar refractivity (Wildman–Crippen MR) is 95.4 cm³/mol. The van der Waals surface area contributed by atoms with Crippen molar-refractivity contribution in [2.45, 2.75) is 19.0 Å². The molecule has 0 atom stereocenters. The number of carbonyl (C=O) groups is 1. The van der Waals surface area contributed by atoms with E-state index in [1.807, 2.05) is 24.3 Å². The molecule has 2 heterocycles. The van der Waals surface area contributed by atoms with Crippen LogP contribution in [-0.2, 0) is 4.79 Å². The van der Waals surface area contributed by atoms with Gasteiger partial charge in [0, 0.05) is 22.8 Å². The second-order valence-electron chi connectivity index (χ2n) is 5.29. The molecule has 0 radical (unpaired) electrons. The standard InChI is InChI=1S/C17H16N4O2S/c1-10-11(2)19-17(21-16(10)23)24-9-15(22)20-14-7-8-18-13-6-4-3-5-12(13)14/h3-8H,9H2,1-2H3,(H,18,20,22)(H,19,21,23). The van der Waals surface area contributed by atoms with Gasteiger partial charge in [0.1, 0.15) is 0 Å². The van der Waals surface area contributed by atoms with Gasteiger partial charge in [0.25, 0.3) is 5.56 Å². The van der Waals surface area contributed by atoms with Crippen LogP contribution in [0.1, 0.15) is 11.3 Å². The summed E-state index contributed by atoms with van der Waals surface area (Å²) in [6.45, 7) is 3.49. The van der Waals surface area contributed by atoms with E-state index in [2.05, 4.69) is 20.3 Å². The number of H-pyrrole nitrogens is 1. The number of aromatic nitrogens is 3. The van der Waals surface area contributed by atoms with Crippen LogP contribution >= 0.6 is 11.8 Å². The number of thioether (sulfide) groups is 1. The molecular weight excluding hydrogens is 324 g/mol. The van der Waals surface area contributed by atoms with Crippen LogP contribution in [0.4, 0.5) is 5.69 Å². The molecule has 24 heavy (non-hydrogen) atoms. The summed E-state index contributed by atoms with van der Waals surface area (Å²) in [5.41, 5.74) is 2.62. The fraction of sp³-hybridized carbons (Fsp3) is 0.176. The Morgan fingerprint density at radius 1 is 1.25 bits per heavy atom. The number of carbonyl (C=O) groups excluding carboxylic acids is 1. The third kappa shape index (κ3) is 3.46. The molecule has 2 aromatic heterocycles. The smallest absolute Gasteiger partial charge is 0.254 e. The van der Waals surface area contributed by atoms with E-state index in [-0.39, 0.29) is 17.2 Å². The van der Waals surface area contributed by atoms with Crippen molar-refractivity contribution in [3.8, 4) is 0 Å². The second kappa shape index (κ2) is 6.84. The lowest BCUT2D eigenvalue weighted by molar-refractivity contribution is -0.113. The summed E-state index contributed by atoms with van der Waals surface area (Å²) in [6, 6.07) is 9.37. The Balaban J connectivity index is 1.71. The number of pyridine rings is 1. The number of aromatic amines is 1. The molecule has 0 saturated carbocycles. The van der Waals surface area contributed by atoms with E-state index >= 15 is 0 Å². The first-order valence-corrected chi connectivity index (χ1v) is 8.37. The van der Waals surface area contributed by atoms with Gasteiger partial charge in [0.2, 0.25) is 5.91 Å². The van der Waals surface area contributed by atoms with E-state index in [1.165, 1.54) is 11.8 Å². The number of rotatable bonds is 4. The van der Waals surface area contributed by atoms with Gasteiger partial charge in [-0.1, -0.05) is 30.0 Å². The normalized spacial score (nSPS) is 10.8. The Hall–Kier alpha value is -2.67. The maximum atomic E-state index is 12.2. The Labute approximate surface area is 142 Å². The highest BCUT2D eigenvalue weighted by molar-refractivity contribution is 7.99. The first-order valence-electron chi connectivity index (χ1n) is 7.38. The monoisotopic (exact) mass is 340 g/mol. The lowest BCUT2D eigenvalue weighted by Gasteiger charge is -2.08. The molecule has 0 aliphatic rings. The highest BCUT2D eigenvalue weighted by atomic mass is 32.2. The van der Waals surface area contributed by atoms with E-state index in [1.54, 1.807) is 26.1 Å². The highest BCUT2D eigenvalue weighted by Crippen LogP contribution is 2.21. The lowest BCUT2D eigenvalue weighted by atomic mass is 10.2. The number of amides is 1. The van der Waals surface area contributed by atoms with Crippen molar-refractivity contribution in [1.82, 2.24) is 15.0 Å². The number of fused-ring (bicyclic) bond motifs is 1. The minimum atomic E-state index is -0.175. The van der Waals surface area contributed by atoms with Crippen LogP contribution in [-0.4, -0.2) is 26.6 Å². The number of nitrogens with one attached hydrogen (secondary N) is 2. The van der Waals surface area contributed by atoms with Crippen molar-refractivity contribution in [3.05, 3.63) is 58.1 Å². The van der Waals surface area contributed by atoms with Gasteiger partial charge in [-0.3, -0.25) is 14.6 Å². The number of nitrogens with zero attached hydrogens (tertiary/aromatic N) is 2. The van der Waals surface area contributed by atoms with Crippen LogP contribution in [0, 0.1) is 13.8 Å². The molecule has 0 spiro atoms. The van der Waals surface area contributed by atoms with Crippen molar-refractivity contribution >= 4 is 34.3 Å². The SMILES string of the molecule is Cc1nc(SCC(=O)Nc2ccnc3ccccc23)[nH]c(=O)c1C. The van der Waals surface area contributed by atoms with Crippen molar-refractivity contribution < 1.29 is 4.79 Å². The van der Waals surface area contributed by atoms with Gasteiger partial charge in [0.15, 0.2) is 5.16 Å². The summed E-state index contributed by atoms with van der Waals surface area (Å²) in [6.07, 6.45) is 1.66. The van der Waals surface area contributed by atoms with Crippen molar-refractivity contribution in [2.24, 2.45) is 0 Å². The summed E-state index contributed by atoms with van der Waals surface area (Å²) in [4.78, 5) is 35.1. The van der Waals surface area contributed by atoms with Gasteiger partial charge >= 0.3 is 0 Å². The van der Waals surface area contributed by atoms with Gasteiger partial charge in [-0.15, -0.1) is 0 Å². The first kappa shape index (κ1) is 16.2. The molecule has 6 nitrogen and oxygen atoms in total. The molecule has 122 valence electrons. The Morgan fingerprint density at radius 2 is 2.04 bits per heavy atom. The van der Waals surface area contributed by atoms with E-state index in [0.29, 0.717) is 22.1 Å². The number of para-hydroxylation sites is 1.